The van der Waals surface area contributed by atoms with Crippen LogP contribution in [0.1, 0.15) is 17.7 Å². The molecule has 0 radical (unpaired) electrons. The van der Waals surface area contributed by atoms with Crippen LogP contribution in [-0.4, -0.2) is 16.5 Å². The van der Waals surface area contributed by atoms with Gasteiger partial charge in [-0.15, -0.1) is 13.2 Å². The van der Waals surface area contributed by atoms with Crippen LogP contribution in [0.15, 0.2) is 6.07 Å². The highest BCUT2D eigenvalue weighted by Gasteiger charge is 2.32. The Balaban J connectivity index is 3.18. The van der Waals surface area contributed by atoms with Crippen molar-refractivity contribution in [2.45, 2.75) is 19.4 Å². The standard InChI is InChI=1S/C8H7F5N2O2/c9-7(10)6-3(14)1-5(15-4(6)2-16)17-8(11,12)13/h1,7,16H,2H2,(H2,14,15). The lowest BCUT2D eigenvalue weighted by molar-refractivity contribution is -0.276. The highest BCUT2D eigenvalue weighted by molar-refractivity contribution is 5.52. The van der Waals surface area contributed by atoms with Gasteiger partial charge in [0.05, 0.1) is 17.9 Å². The van der Waals surface area contributed by atoms with Crippen LogP contribution in [0.5, 0.6) is 5.88 Å². The van der Waals surface area contributed by atoms with E-state index in [-0.39, 0.29) is 0 Å². The van der Waals surface area contributed by atoms with E-state index in [0.717, 1.165) is 0 Å². The molecule has 0 bridgehead atoms. The molecule has 0 amide bonds. The lowest BCUT2D eigenvalue weighted by Crippen LogP contribution is -2.19. The number of rotatable bonds is 3. The number of ether oxygens (including phenoxy) is 1. The summed E-state index contributed by atoms with van der Waals surface area (Å²) in [6, 6.07) is 0.522. The summed E-state index contributed by atoms with van der Waals surface area (Å²) in [6.45, 7) is -0.973. The van der Waals surface area contributed by atoms with Gasteiger partial charge in [0.1, 0.15) is 0 Å². The predicted molar refractivity (Wildman–Crippen MR) is 46.2 cm³/mol. The molecular weight excluding hydrogens is 251 g/mol. The number of nitrogens with zero attached hydrogens (tertiary/aromatic N) is 1. The number of aliphatic hydroxyl groups excluding tert-OH is 1. The van der Waals surface area contributed by atoms with E-state index in [9.17, 15) is 22.0 Å². The van der Waals surface area contributed by atoms with Gasteiger partial charge in [0.2, 0.25) is 5.88 Å². The summed E-state index contributed by atoms with van der Waals surface area (Å²) in [5, 5.41) is 8.73. The summed E-state index contributed by atoms with van der Waals surface area (Å²) in [7, 11) is 0. The summed E-state index contributed by atoms with van der Waals surface area (Å²) in [5.41, 5.74) is 3.06. The number of nitrogens with two attached hydrogens (primary N) is 1. The smallest absolute Gasteiger partial charge is 0.398 e. The molecule has 0 unspecified atom stereocenters. The second kappa shape index (κ2) is 4.70. The van der Waals surface area contributed by atoms with Crippen molar-refractivity contribution in [2.75, 3.05) is 5.73 Å². The second-order valence-corrected chi connectivity index (χ2v) is 2.92. The predicted octanol–water partition coefficient (Wildman–Crippen LogP) is 1.99. The normalized spacial score (nSPS) is 11.9. The van der Waals surface area contributed by atoms with E-state index in [1.54, 1.807) is 0 Å². The Hall–Kier alpha value is -1.64. The molecule has 96 valence electrons. The molecule has 0 spiro atoms. The molecule has 9 heteroatoms. The number of pyridine rings is 1. The monoisotopic (exact) mass is 258 g/mol. The minimum atomic E-state index is -5.02. The third-order valence-electron chi connectivity index (χ3n) is 1.73. The van der Waals surface area contributed by atoms with Crippen molar-refractivity contribution >= 4 is 5.69 Å². The minimum Gasteiger partial charge on any atom is -0.398 e. The minimum absolute atomic E-state index is 0.522. The van der Waals surface area contributed by atoms with Crippen LogP contribution in [0.3, 0.4) is 0 Å². The van der Waals surface area contributed by atoms with Gasteiger partial charge in [0.25, 0.3) is 6.43 Å². The first-order valence-electron chi connectivity index (χ1n) is 4.18. The fourth-order valence-electron chi connectivity index (χ4n) is 1.15. The Kier molecular flexibility index (Phi) is 3.71. The molecule has 1 rings (SSSR count). The maximum absolute atomic E-state index is 12.5. The summed E-state index contributed by atoms with van der Waals surface area (Å²) < 4.78 is 63.9. The van der Waals surface area contributed by atoms with Gasteiger partial charge >= 0.3 is 6.36 Å². The van der Waals surface area contributed by atoms with Crippen LogP contribution in [-0.2, 0) is 6.61 Å². The number of hydrogen-bond acceptors (Lipinski definition) is 4. The molecular formula is C8H7F5N2O2. The highest BCUT2D eigenvalue weighted by Crippen LogP contribution is 2.32. The van der Waals surface area contributed by atoms with Crippen molar-refractivity contribution in [3.8, 4) is 5.88 Å². The molecule has 0 atom stereocenters. The molecule has 1 aromatic rings. The SMILES string of the molecule is Nc1cc(OC(F)(F)F)nc(CO)c1C(F)F. The first-order chi connectivity index (χ1) is 7.74. The summed E-state index contributed by atoms with van der Waals surface area (Å²) in [4.78, 5) is 3.11. The molecule has 0 aromatic carbocycles. The van der Waals surface area contributed by atoms with Crippen molar-refractivity contribution in [1.29, 1.82) is 0 Å². The number of alkyl halides is 5. The molecule has 17 heavy (non-hydrogen) atoms. The molecule has 0 saturated heterocycles. The van der Waals surface area contributed by atoms with Gasteiger partial charge in [-0.2, -0.15) is 0 Å². The fourth-order valence-corrected chi connectivity index (χ4v) is 1.15. The molecule has 1 aromatic heterocycles. The lowest BCUT2D eigenvalue weighted by Gasteiger charge is -2.13. The molecule has 4 nitrogen and oxygen atoms in total. The van der Waals surface area contributed by atoms with Gasteiger partial charge < -0.3 is 15.6 Å². The zero-order valence-corrected chi connectivity index (χ0v) is 8.13. The zero-order chi connectivity index (χ0) is 13.2. The Bertz CT molecular complexity index is 408. The van der Waals surface area contributed by atoms with Crippen LogP contribution in [0, 0.1) is 0 Å². The molecule has 0 aliphatic heterocycles. The van der Waals surface area contributed by atoms with Crippen molar-refractivity contribution in [1.82, 2.24) is 4.98 Å². The van der Waals surface area contributed by atoms with Gasteiger partial charge in [-0.1, -0.05) is 0 Å². The van der Waals surface area contributed by atoms with Crippen molar-refractivity contribution in [2.24, 2.45) is 0 Å². The highest BCUT2D eigenvalue weighted by atomic mass is 19.4. The van der Waals surface area contributed by atoms with Gasteiger partial charge in [-0.05, 0) is 0 Å². The van der Waals surface area contributed by atoms with Crippen molar-refractivity contribution < 1.29 is 31.8 Å². The van der Waals surface area contributed by atoms with Crippen LogP contribution in [0.25, 0.3) is 0 Å². The number of aliphatic hydroxyl groups is 1. The molecule has 0 aliphatic rings. The Labute approximate surface area is 91.8 Å². The second-order valence-electron chi connectivity index (χ2n) is 2.92. The molecule has 0 fully saturated rings. The van der Waals surface area contributed by atoms with E-state index in [1.165, 1.54) is 0 Å². The molecule has 0 saturated carbocycles. The first kappa shape index (κ1) is 13.4. The van der Waals surface area contributed by atoms with Gasteiger partial charge in [0.15, 0.2) is 0 Å². The average Bonchev–Trinajstić information content (AvgIpc) is 2.12. The Morgan fingerprint density at radius 1 is 1.41 bits per heavy atom. The first-order valence-corrected chi connectivity index (χ1v) is 4.18. The largest absolute Gasteiger partial charge is 0.574 e. The number of hydrogen-bond donors (Lipinski definition) is 2. The summed E-state index contributed by atoms with van der Waals surface area (Å²) in [6.07, 6.45) is -8.07. The van der Waals surface area contributed by atoms with Crippen LogP contribution >= 0.6 is 0 Å². The number of halogens is 5. The van der Waals surface area contributed by atoms with Crippen LogP contribution in [0.2, 0.25) is 0 Å². The van der Waals surface area contributed by atoms with E-state index in [2.05, 4.69) is 9.72 Å². The number of aromatic nitrogens is 1. The van der Waals surface area contributed by atoms with Crippen LogP contribution < -0.4 is 10.5 Å². The molecule has 0 aliphatic carbocycles. The number of nitrogen functional groups attached to an aromatic ring is 1. The van der Waals surface area contributed by atoms with Crippen LogP contribution in [0.4, 0.5) is 27.6 Å². The third kappa shape index (κ3) is 3.41. The fraction of sp³-hybridized carbons (Fsp3) is 0.375. The maximum atomic E-state index is 12.5. The van der Waals surface area contributed by atoms with E-state index in [1.807, 2.05) is 0 Å². The van der Waals surface area contributed by atoms with Gasteiger partial charge in [-0.25, -0.2) is 13.8 Å². The quantitative estimate of drug-likeness (QED) is 0.813. The molecule has 3 N–H and O–H groups in total. The van der Waals surface area contributed by atoms with Gasteiger partial charge in [-0.3, -0.25) is 0 Å². The average molecular weight is 258 g/mol. The topological polar surface area (TPSA) is 68.4 Å². The van der Waals surface area contributed by atoms with E-state index in [4.69, 9.17) is 10.8 Å². The lowest BCUT2D eigenvalue weighted by atomic mass is 10.1. The Morgan fingerprint density at radius 2 is 2.00 bits per heavy atom. The van der Waals surface area contributed by atoms with Gasteiger partial charge in [0, 0.05) is 11.8 Å². The Morgan fingerprint density at radius 3 is 2.41 bits per heavy atom. The summed E-state index contributed by atoms with van der Waals surface area (Å²) in [5.74, 6) is -0.997. The zero-order valence-electron chi connectivity index (χ0n) is 8.13. The molecule has 1 heterocycles. The van der Waals surface area contributed by atoms with Crippen molar-refractivity contribution in [3.05, 3.63) is 17.3 Å². The van der Waals surface area contributed by atoms with Crippen molar-refractivity contribution in [3.63, 3.8) is 0 Å². The van der Waals surface area contributed by atoms with E-state index >= 15 is 0 Å². The summed E-state index contributed by atoms with van der Waals surface area (Å²) >= 11 is 0. The maximum Gasteiger partial charge on any atom is 0.574 e. The third-order valence-corrected chi connectivity index (χ3v) is 1.73. The number of anilines is 1. The van der Waals surface area contributed by atoms with E-state index in [0.29, 0.717) is 6.07 Å². The van der Waals surface area contributed by atoms with E-state index < -0.39 is 42.2 Å².